The molecule has 2 aromatic rings. The highest BCUT2D eigenvalue weighted by atomic mass is 32.2. The topological polar surface area (TPSA) is 66.9 Å². The second kappa shape index (κ2) is 8.40. The van der Waals surface area contributed by atoms with Crippen molar-refractivity contribution in [2.45, 2.75) is 31.8 Å². The number of hydrogen-bond donors (Lipinski definition) is 0. The molecule has 2 aromatic carbocycles. The fourth-order valence-corrected chi connectivity index (χ4v) is 6.48. The third kappa shape index (κ3) is 4.23. The monoisotopic (exact) mass is 428 g/mol. The first-order valence-corrected chi connectivity index (χ1v) is 12.2. The van der Waals surface area contributed by atoms with Gasteiger partial charge in [-0.05, 0) is 48.2 Å². The van der Waals surface area contributed by atoms with Crippen molar-refractivity contribution >= 4 is 21.4 Å². The van der Waals surface area contributed by atoms with E-state index in [1.54, 1.807) is 12.0 Å². The summed E-state index contributed by atoms with van der Waals surface area (Å²) in [5.74, 6) is 0.903. The quantitative estimate of drug-likeness (QED) is 0.706. The maximum absolute atomic E-state index is 13.1. The molecule has 30 heavy (non-hydrogen) atoms. The third-order valence-electron chi connectivity index (χ3n) is 6.17. The number of fused-ring (bicyclic) bond motifs is 1. The molecule has 0 saturated carbocycles. The molecular weight excluding hydrogens is 400 g/mol. The average molecular weight is 429 g/mol. The SMILES string of the molecule is CCc1ccc(N2C(=O)CN(CCc3ccc(OC)cc3)C3CS(=O)(=O)CC32)cc1. The highest BCUT2D eigenvalue weighted by molar-refractivity contribution is 7.91. The molecule has 0 aliphatic carbocycles. The predicted octanol–water partition coefficient (Wildman–Crippen LogP) is 2.31. The summed E-state index contributed by atoms with van der Waals surface area (Å²) in [4.78, 5) is 16.9. The van der Waals surface area contributed by atoms with Crippen LogP contribution in [0.5, 0.6) is 5.75 Å². The van der Waals surface area contributed by atoms with Crippen molar-refractivity contribution in [3.8, 4) is 5.75 Å². The highest BCUT2D eigenvalue weighted by Crippen LogP contribution is 2.32. The van der Waals surface area contributed by atoms with E-state index >= 15 is 0 Å². The molecule has 4 rings (SSSR count). The molecule has 0 bridgehead atoms. The number of rotatable bonds is 6. The van der Waals surface area contributed by atoms with E-state index in [2.05, 4.69) is 11.8 Å². The van der Waals surface area contributed by atoms with Gasteiger partial charge in [0.25, 0.3) is 0 Å². The molecule has 2 unspecified atom stereocenters. The number of hydrogen-bond acceptors (Lipinski definition) is 5. The van der Waals surface area contributed by atoms with Gasteiger partial charge < -0.3 is 9.64 Å². The van der Waals surface area contributed by atoms with E-state index in [0.717, 1.165) is 29.8 Å². The Morgan fingerprint density at radius 2 is 1.60 bits per heavy atom. The van der Waals surface area contributed by atoms with Crippen LogP contribution in [0.1, 0.15) is 18.1 Å². The zero-order chi connectivity index (χ0) is 21.3. The third-order valence-corrected chi connectivity index (χ3v) is 7.87. The van der Waals surface area contributed by atoms with Crippen molar-refractivity contribution in [3.05, 3.63) is 59.7 Å². The Morgan fingerprint density at radius 1 is 0.967 bits per heavy atom. The van der Waals surface area contributed by atoms with Crippen LogP contribution in [0.2, 0.25) is 0 Å². The Labute approximate surface area is 178 Å². The van der Waals surface area contributed by atoms with E-state index in [4.69, 9.17) is 4.74 Å². The summed E-state index contributed by atoms with van der Waals surface area (Å²) in [6.45, 7) is 2.97. The van der Waals surface area contributed by atoms with Crippen LogP contribution in [-0.4, -0.2) is 63.0 Å². The van der Waals surface area contributed by atoms with Gasteiger partial charge in [-0.25, -0.2) is 8.42 Å². The van der Waals surface area contributed by atoms with E-state index in [1.165, 1.54) is 5.56 Å². The summed E-state index contributed by atoms with van der Waals surface area (Å²) in [6, 6.07) is 15.2. The number of ether oxygens (including phenoxy) is 1. The minimum Gasteiger partial charge on any atom is -0.497 e. The van der Waals surface area contributed by atoms with Gasteiger partial charge >= 0.3 is 0 Å². The van der Waals surface area contributed by atoms with Crippen molar-refractivity contribution in [1.29, 1.82) is 0 Å². The summed E-state index contributed by atoms with van der Waals surface area (Å²) in [7, 11) is -1.55. The summed E-state index contributed by atoms with van der Waals surface area (Å²) in [5, 5.41) is 0. The molecular formula is C23H28N2O4S. The van der Waals surface area contributed by atoms with Crippen LogP contribution < -0.4 is 9.64 Å². The number of nitrogens with zero attached hydrogens (tertiary/aromatic N) is 2. The van der Waals surface area contributed by atoms with Gasteiger partial charge in [0.15, 0.2) is 9.84 Å². The summed E-state index contributed by atoms with van der Waals surface area (Å²) < 4.78 is 30.2. The fraction of sp³-hybridized carbons (Fsp3) is 0.435. The van der Waals surface area contributed by atoms with Gasteiger partial charge in [-0.1, -0.05) is 31.2 Å². The predicted molar refractivity (Wildman–Crippen MR) is 118 cm³/mol. The molecule has 0 spiro atoms. The molecule has 2 fully saturated rings. The van der Waals surface area contributed by atoms with Gasteiger partial charge in [-0.3, -0.25) is 9.69 Å². The van der Waals surface area contributed by atoms with E-state index in [-0.39, 0.29) is 36.0 Å². The van der Waals surface area contributed by atoms with Crippen LogP contribution in [0.15, 0.2) is 48.5 Å². The molecule has 0 N–H and O–H groups in total. The normalized spacial score (nSPS) is 23.4. The Bertz CT molecular complexity index is 1000. The lowest BCUT2D eigenvalue weighted by molar-refractivity contribution is -0.123. The molecule has 1 amide bonds. The zero-order valence-corrected chi connectivity index (χ0v) is 18.3. The molecule has 7 heteroatoms. The molecule has 2 atom stereocenters. The molecule has 160 valence electrons. The summed E-state index contributed by atoms with van der Waals surface area (Å²) >= 11 is 0. The lowest BCUT2D eigenvalue weighted by atomic mass is 10.0. The zero-order valence-electron chi connectivity index (χ0n) is 17.5. The average Bonchev–Trinajstić information content (AvgIpc) is 3.07. The number of aryl methyl sites for hydroxylation is 1. The summed E-state index contributed by atoms with van der Waals surface area (Å²) in [5.41, 5.74) is 3.12. The van der Waals surface area contributed by atoms with Crippen LogP contribution in [0.25, 0.3) is 0 Å². The Balaban J connectivity index is 1.54. The smallest absolute Gasteiger partial charge is 0.241 e. The number of benzene rings is 2. The van der Waals surface area contributed by atoms with Crippen molar-refractivity contribution in [1.82, 2.24) is 4.90 Å². The number of carbonyl (C=O) groups is 1. The van der Waals surface area contributed by atoms with E-state index < -0.39 is 9.84 Å². The van der Waals surface area contributed by atoms with Crippen LogP contribution in [0.4, 0.5) is 5.69 Å². The molecule has 2 aliphatic rings. The minimum atomic E-state index is -3.18. The number of sulfone groups is 1. The van der Waals surface area contributed by atoms with Gasteiger partial charge in [-0.2, -0.15) is 0 Å². The number of amides is 1. The largest absolute Gasteiger partial charge is 0.497 e. The number of piperazine rings is 1. The van der Waals surface area contributed by atoms with Gasteiger partial charge in [0.1, 0.15) is 5.75 Å². The van der Waals surface area contributed by atoms with Crippen LogP contribution in [0, 0.1) is 0 Å². The molecule has 2 heterocycles. The van der Waals surface area contributed by atoms with Gasteiger partial charge in [0.2, 0.25) is 5.91 Å². The first-order chi connectivity index (χ1) is 14.4. The van der Waals surface area contributed by atoms with E-state index in [9.17, 15) is 13.2 Å². The molecule has 6 nitrogen and oxygen atoms in total. The van der Waals surface area contributed by atoms with Crippen LogP contribution in [-0.2, 0) is 27.5 Å². The number of methoxy groups -OCH3 is 1. The maximum Gasteiger partial charge on any atom is 0.241 e. The first-order valence-electron chi connectivity index (χ1n) is 10.4. The van der Waals surface area contributed by atoms with Crippen LogP contribution >= 0.6 is 0 Å². The maximum atomic E-state index is 13.1. The van der Waals surface area contributed by atoms with Gasteiger partial charge in [-0.15, -0.1) is 0 Å². The van der Waals surface area contributed by atoms with Crippen molar-refractivity contribution in [2.75, 3.05) is 36.6 Å². The van der Waals surface area contributed by atoms with Crippen molar-refractivity contribution < 1.29 is 17.9 Å². The lowest BCUT2D eigenvalue weighted by Crippen LogP contribution is -2.62. The standard InChI is InChI=1S/C23H28N2O4S/c1-3-17-4-8-19(9-5-17)25-22-16-30(27,28)15-21(22)24(14-23(25)26)13-12-18-6-10-20(29-2)11-7-18/h4-11,21-22H,3,12-16H2,1-2H3. The molecule has 2 saturated heterocycles. The first kappa shape index (κ1) is 20.9. The van der Waals surface area contributed by atoms with E-state index in [0.29, 0.717) is 6.54 Å². The van der Waals surface area contributed by atoms with Crippen molar-refractivity contribution in [3.63, 3.8) is 0 Å². The number of carbonyl (C=O) groups excluding carboxylic acids is 1. The van der Waals surface area contributed by atoms with Gasteiger partial charge in [0, 0.05) is 18.3 Å². The second-order valence-electron chi connectivity index (χ2n) is 8.06. The number of anilines is 1. The minimum absolute atomic E-state index is 0.0258. The molecule has 2 aliphatic heterocycles. The fourth-order valence-electron chi connectivity index (χ4n) is 4.50. The van der Waals surface area contributed by atoms with E-state index in [1.807, 2.05) is 48.5 Å². The Morgan fingerprint density at radius 3 is 2.23 bits per heavy atom. The molecule has 0 radical (unpaired) electrons. The second-order valence-corrected chi connectivity index (χ2v) is 10.2. The highest BCUT2D eigenvalue weighted by Gasteiger charge is 2.49. The summed E-state index contributed by atoms with van der Waals surface area (Å²) in [6.07, 6.45) is 1.68. The molecule has 0 aromatic heterocycles. The van der Waals surface area contributed by atoms with Crippen LogP contribution in [0.3, 0.4) is 0 Å². The van der Waals surface area contributed by atoms with Gasteiger partial charge in [0.05, 0.1) is 31.2 Å². The Hall–Kier alpha value is -2.38. The lowest BCUT2D eigenvalue weighted by Gasteiger charge is -2.43. The van der Waals surface area contributed by atoms with Crippen molar-refractivity contribution in [2.24, 2.45) is 0 Å². The Kier molecular flexibility index (Phi) is 5.84.